The second-order valence-corrected chi connectivity index (χ2v) is 9.89. The fourth-order valence-corrected chi connectivity index (χ4v) is 4.15. The first-order valence-corrected chi connectivity index (χ1v) is 11.6. The lowest BCUT2D eigenvalue weighted by Crippen LogP contribution is -2.51. The number of carbonyl (C=O) groups is 2. The Kier molecular flexibility index (Phi) is 6.65. The van der Waals surface area contributed by atoms with Gasteiger partial charge in [0.15, 0.2) is 5.82 Å². The van der Waals surface area contributed by atoms with Crippen LogP contribution in [-0.2, 0) is 9.53 Å². The lowest BCUT2D eigenvalue weighted by Gasteiger charge is -2.34. The molecular weight excluding hydrogens is 418 g/mol. The van der Waals surface area contributed by atoms with E-state index in [2.05, 4.69) is 27.6 Å². The molecule has 2 saturated heterocycles. The van der Waals surface area contributed by atoms with Gasteiger partial charge in [0.05, 0.1) is 17.3 Å². The normalized spacial score (nSPS) is 17.4. The molecule has 2 amide bonds. The molecule has 8 nitrogen and oxygen atoms in total. The first-order chi connectivity index (χ1) is 15.7. The summed E-state index contributed by atoms with van der Waals surface area (Å²) in [6.07, 6.45) is 1.53. The maximum atomic E-state index is 13.2. The van der Waals surface area contributed by atoms with Crippen molar-refractivity contribution in [2.75, 3.05) is 31.1 Å². The molecule has 0 saturated carbocycles. The Morgan fingerprint density at radius 3 is 2.21 bits per heavy atom. The fraction of sp³-hybridized carbons (Fsp3) is 0.520. The molecule has 2 aromatic rings. The second kappa shape index (κ2) is 9.47. The number of hydrogen-bond donors (Lipinski definition) is 1. The van der Waals surface area contributed by atoms with Crippen molar-refractivity contribution in [1.29, 1.82) is 0 Å². The molecule has 0 bridgehead atoms. The Bertz CT molecular complexity index is 973. The summed E-state index contributed by atoms with van der Waals surface area (Å²) in [5, 5.41) is 11.6. The highest BCUT2D eigenvalue weighted by atomic mass is 16.6. The molecule has 3 heterocycles. The average molecular weight is 452 g/mol. The number of likely N-dealkylation sites (tertiary alicyclic amines) is 1. The summed E-state index contributed by atoms with van der Waals surface area (Å²) in [6, 6.07) is 11.9. The maximum Gasteiger partial charge on any atom is 0.410 e. The summed E-state index contributed by atoms with van der Waals surface area (Å²) in [6.45, 7) is 10.3. The molecule has 176 valence electrons. The molecule has 1 N–H and O–H groups in total. The molecule has 8 heteroatoms. The van der Waals surface area contributed by atoms with Crippen molar-refractivity contribution in [2.45, 2.75) is 52.1 Å². The number of nitrogens with one attached hydrogen (secondary N) is 1. The molecule has 0 unspecified atom stereocenters. The molecule has 4 rings (SSSR count). The molecule has 0 spiro atoms. The minimum atomic E-state index is -0.482. The number of anilines is 2. The van der Waals surface area contributed by atoms with Gasteiger partial charge in [-0.1, -0.05) is 12.1 Å². The number of aryl methyl sites for hydroxylation is 1. The predicted molar refractivity (Wildman–Crippen MR) is 126 cm³/mol. The number of nitrogens with zero attached hydrogens (tertiary/aromatic N) is 4. The van der Waals surface area contributed by atoms with Crippen LogP contribution in [0.15, 0.2) is 36.4 Å². The van der Waals surface area contributed by atoms with Gasteiger partial charge in [-0.3, -0.25) is 9.69 Å². The van der Waals surface area contributed by atoms with Gasteiger partial charge in [0.1, 0.15) is 5.60 Å². The third-order valence-electron chi connectivity index (χ3n) is 6.13. The van der Waals surface area contributed by atoms with Crippen molar-refractivity contribution >= 4 is 23.5 Å². The van der Waals surface area contributed by atoms with Crippen LogP contribution in [0, 0.1) is 12.8 Å². The van der Waals surface area contributed by atoms with E-state index >= 15 is 0 Å². The molecule has 1 aromatic carbocycles. The van der Waals surface area contributed by atoms with Crippen LogP contribution >= 0.6 is 0 Å². The summed E-state index contributed by atoms with van der Waals surface area (Å²) >= 11 is 0. The topological polar surface area (TPSA) is 87.7 Å². The van der Waals surface area contributed by atoms with Crippen molar-refractivity contribution in [3.63, 3.8) is 0 Å². The standard InChI is InChI=1S/C25H33N5O3/c1-17-5-10-22(28-27-17)30(23(31)20-15-26-16-20)21-8-6-18(7-9-21)19-11-13-29(14-12-19)24(32)33-25(2,3)4/h5-10,19-20,26H,11-16H2,1-4H3. The number of rotatable bonds is 4. The third-order valence-corrected chi connectivity index (χ3v) is 6.13. The second-order valence-electron chi connectivity index (χ2n) is 9.89. The summed E-state index contributed by atoms with van der Waals surface area (Å²) in [5.41, 5.74) is 2.34. The number of aromatic nitrogens is 2. The minimum Gasteiger partial charge on any atom is -0.444 e. The highest BCUT2D eigenvalue weighted by Gasteiger charge is 2.32. The lowest BCUT2D eigenvalue weighted by atomic mass is 9.89. The van der Waals surface area contributed by atoms with E-state index in [0.29, 0.717) is 37.9 Å². The van der Waals surface area contributed by atoms with E-state index in [1.807, 2.05) is 52.0 Å². The minimum absolute atomic E-state index is 0.0327. The molecule has 0 aliphatic carbocycles. The van der Waals surface area contributed by atoms with Crippen molar-refractivity contribution < 1.29 is 14.3 Å². The van der Waals surface area contributed by atoms with Crippen LogP contribution in [0.3, 0.4) is 0 Å². The van der Waals surface area contributed by atoms with Gasteiger partial charge in [-0.05, 0) is 76.3 Å². The highest BCUT2D eigenvalue weighted by molar-refractivity contribution is 6.01. The molecule has 0 radical (unpaired) electrons. The Balaban J connectivity index is 1.45. The molecular formula is C25H33N5O3. The average Bonchev–Trinajstić information content (AvgIpc) is 2.73. The van der Waals surface area contributed by atoms with Gasteiger partial charge in [-0.15, -0.1) is 5.10 Å². The van der Waals surface area contributed by atoms with E-state index in [-0.39, 0.29) is 17.9 Å². The van der Waals surface area contributed by atoms with Gasteiger partial charge in [-0.2, -0.15) is 5.10 Å². The summed E-state index contributed by atoms with van der Waals surface area (Å²) in [5.74, 6) is 0.892. The summed E-state index contributed by atoms with van der Waals surface area (Å²) in [7, 11) is 0. The number of piperidine rings is 1. The van der Waals surface area contributed by atoms with Gasteiger partial charge < -0.3 is 15.0 Å². The van der Waals surface area contributed by atoms with Crippen molar-refractivity contribution in [2.24, 2.45) is 5.92 Å². The van der Waals surface area contributed by atoms with Crippen LogP contribution in [0.1, 0.15) is 50.8 Å². The summed E-state index contributed by atoms with van der Waals surface area (Å²) in [4.78, 5) is 29.0. The van der Waals surface area contributed by atoms with E-state index in [1.165, 1.54) is 5.56 Å². The van der Waals surface area contributed by atoms with Gasteiger partial charge in [0.25, 0.3) is 0 Å². The number of hydrogen-bond acceptors (Lipinski definition) is 6. The number of ether oxygens (including phenoxy) is 1. The first kappa shape index (κ1) is 23.2. The molecule has 2 fully saturated rings. The number of carbonyl (C=O) groups excluding carboxylic acids is 2. The molecule has 0 atom stereocenters. The maximum absolute atomic E-state index is 13.2. The first-order valence-electron chi connectivity index (χ1n) is 11.6. The smallest absolute Gasteiger partial charge is 0.410 e. The van der Waals surface area contributed by atoms with Crippen molar-refractivity contribution in [1.82, 2.24) is 20.4 Å². The van der Waals surface area contributed by atoms with E-state index < -0.39 is 5.60 Å². The SMILES string of the molecule is Cc1ccc(N(C(=O)C2CNC2)c2ccc(C3CCN(C(=O)OC(C)(C)C)CC3)cc2)nn1. The van der Waals surface area contributed by atoms with Crippen LogP contribution in [-0.4, -0.2) is 58.9 Å². The van der Waals surface area contributed by atoms with Crippen LogP contribution in [0.4, 0.5) is 16.3 Å². The highest BCUT2D eigenvalue weighted by Crippen LogP contribution is 2.32. The van der Waals surface area contributed by atoms with Crippen LogP contribution < -0.4 is 10.2 Å². The lowest BCUT2D eigenvalue weighted by molar-refractivity contribution is -0.123. The molecule has 2 aliphatic heterocycles. The van der Waals surface area contributed by atoms with E-state index in [0.717, 1.165) is 24.2 Å². The van der Waals surface area contributed by atoms with Crippen LogP contribution in [0.2, 0.25) is 0 Å². The monoisotopic (exact) mass is 451 g/mol. The van der Waals surface area contributed by atoms with E-state index in [1.54, 1.807) is 9.80 Å². The number of amides is 2. The van der Waals surface area contributed by atoms with Crippen molar-refractivity contribution in [3.05, 3.63) is 47.7 Å². The zero-order chi connectivity index (χ0) is 23.6. The van der Waals surface area contributed by atoms with Crippen LogP contribution in [0.25, 0.3) is 0 Å². The Labute approximate surface area is 195 Å². The quantitative estimate of drug-likeness (QED) is 0.761. The Morgan fingerprint density at radius 1 is 1.03 bits per heavy atom. The largest absolute Gasteiger partial charge is 0.444 e. The molecule has 2 aliphatic rings. The van der Waals surface area contributed by atoms with Crippen LogP contribution in [0.5, 0.6) is 0 Å². The molecule has 33 heavy (non-hydrogen) atoms. The Hall–Kier alpha value is -3.00. The van der Waals surface area contributed by atoms with Gasteiger partial charge in [-0.25, -0.2) is 4.79 Å². The third kappa shape index (κ3) is 5.50. The summed E-state index contributed by atoms with van der Waals surface area (Å²) < 4.78 is 5.50. The zero-order valence-electron chi connectivity index (χ0n) is 19.9. The van der Waals surface area contributed by atoms with E-state index in [9.17, 15) is 9.59 Å². The van der Waals surface area contributed by atoms with Gasteiger partial charge in [0.2, 0.25) is 5.91 Å². The molecule has 1 aromatic heterocycles. The van der Waals surface area contributed by atoms with Gasteiger partial charge in [0, 0.05) is 26.2 Å². The predicted octanol–water partition coefficient (Wildman–Crippen LogP) is 3.78. The fourth-order valence-electron chi connectivity index (χ4n) is 4.15. The number of benzene rings is 1. The Morgan fingerprint density at radius 2 is 1.70 bits per heavy atom. The van der Waals surface area contributed by atoms with Crippen molar-refractivity contribution in [3.8, 4) is 0 Å². The van der Waals surface area contributed by atoms with E-state index in [4.69, 9.17) is 4.74 Å². The van der Waals surface area contributed by atoms with Gasteiger partial charge >= 0.3 is 6.09 Å². The zero-order valence-corrected chi connectivity index (χ0v) is 19.9.